The Kier molecular flexibility index (Phi) is 4.70. The molecule has 0 saturated carbocycles. The third-order valence-corrected chi connectivity index (χ3v) is 1.63. The summed E-state index contributed by atoms with van der Waals surface area (Å²) in [5.74, 6) is -0.346. The molecule has 3 nitrogen and oxygen atoms in total. The molecule has 0 aromatic rings. The smallest absolute Gasteiger partial charge is 0.333 e. The molecule has 0 amide bonds. The first-order valence-electron chi connectivity index (χ1n) is 4.27. The average molecular weight is 186 g/mol. The van der Waals surface area contributed by atoms with Gasteiger partial charge in [-0.3, -0.25) is 0 Å². The van der Waals surface area contributed by atoms with Gasteiger partial charge in [0.1, 0.15) is 5.60 Å². The molecule has 0 aromatic carbocycles. The van der Waals surface area contributed by atoms with Gasteiger partial charge in [-0.25, -0.2) is 4.79 Å². The first-order chi connectivity index (χ1) is 5.89. The van der Waals surface area contributed by atoms with Crippen LogP contribution >= 0.6 is 0 Å². The minimum Gasteiger partial charge on any atom is -0.456 e. The Morgan fingerprint density at radius 1 is 1.46 bits per heavy atom. The molecule has 0 saturated heterocycles. The van der Waals surface area contributed by atoms with Crippen LogP contribution in [0.15, 0.2) is 12.2 Å². The second-order valence-corrected chi connectivity index (χ2v) is 3.67. The number of esters is 1. The van der Waals surface area contributed by atoms with Crippen LogP contribution in [0.5, 0.6) is 0 Å². The quantitative estimate of drug-likeness (QED) is 0.486. The summed E-state index contributed by atoms with van der Waals surface area (Å²) >= 11 is 0. The minimum atomic E-state index is -0.480. The van der Waals surface area contributed by atoms with Crippen LogP contribution in [0.25, 0.3) is 0 Å². The number of hydrogen-bond donors (Lipinski definition) is 0. The summed E-state index contributed by atoms with van der Waals surface area (Å²) < 4.78 is 10.1. The van der Waals surface area contributed by atoms with Gasteiger partial charge < -0.3 is 9.47 Å². The zero-order chi connectivity index (χ0) is 10.5. The van der Waals surface area contributed by atoms with Gasteiger partial charge in [0.15, 0.2) is 0 Å². The van der Waals surface area contributed by atoms with E-state index < -0.39 is 5.60 Å². The number of rotatable bonds is 5. The summed E-state index contributed by atoms with van der Waals surface area (Å²) in [6.45, 7) is 9.44. The summed E-state index contributed by atoms with van der Waals surface area (Å²) in [6, 6.07) is 0. The summed E-state index contributed by atoms with van der Waals surface area (Å²) in [7, 11) is 1.62. The van der Waals surface area contributed by atoms with Gasteiger partial charge in [-0.05, 0) is 20.8 Å². The van der Waals surface area contributed by atoms with E-state index in [2.05, 4.69) is 6.58 Å². The lowest BCUT2D eigenvalue weighted by molar-refractivity contribution is -0.152. The lowest BCUT2D eigenvalue weighted by atomic mass is 10.1. The second kappa shape index (κ2) is 5.02. The van der Waals surface area contributed by atoms with Gasteiger partial charge in [0, 0.05) is 25.7 Å². The average Bonchev–Trinajstić information content (AvgIpc) is 2.00. The molecule has 0 aliphatic carbocycles. The molecule has 0 spiro atoms. The van der Waals surface area contributed by atoms with Gasteiger partial charge in [-0.2, -0.15) is 0 Å². The van der Waals surface area contributed by atoms with E-state index in [1.165, 1.54) is 0 Å². The number of carbonyl (C=O) groups excluding carboxylic acids is 1. The highest BCUT2D eigenvalue weighted by atomic mass is 16.6. The van der Waals surface area contributed by atoms with E-state index >= 15 is 0 Å². The largest absolute Gasteiger partial charge is 0.456 e. The maximum atomic E-state index is 11.2. The SMILES string of the molecule is C=C(C)C(=O)OC(C)(C)CCOC. The summed E-state index contributed by atoms with van der Waals surface area (Å²) in [5.41, 5.74) is -0.0584. The van der Waals surface area contributed by atoms with E-state index in [4.69, 9.17) is 9.47 Å². The van der Waals surface area contributed by atoms with Crippen molar-refractivity contribution in [3.05, 3.63) is 12.2 Å². The van der Waals surface area contributed by atoms with Crippen molar-refractivity contribution in [3.8, 4) is 0 Å². The van der Waals surface area contributed by atoms with Crippen molar-refractivity contribution in [2.75, 3.05) is 13.7 Å². The predicted octanol–water partition coefficient (Wildman–Crippen LogP) is 1.92. The van der Waals surface area contributed by atoms with Gasteiger partial charge >= 0.3 is 5.97 Å². The normalized spacial score (nSPS) is 11.1. The Balaban J connectivity index is 4.00. The molecule has 0 bridgehead atoms. The lowest BCUT2D eigenvalue weighted by Crippen LogP contribution is -2.29. The van der Waals surface area contributed by atoms with E-state index in [1.54, 1.807) is 14.0 Å². The molecule has 0 fully saturated rings. The highest BCUT2D eigenvalue weighted by Crippen LogP contribution is 2.15. The Labute approximate surface area is 79.7 Å². The van der Waals surface area contributed by atoms with Crippen molar-refractivity contribution in [2.24, 2.45) is 0 Å². The Morgan fingerprint density at radius 3 is 2.38 bits per heavy atom. The molecule has 0 atom stereocenters. The number of methoxy groups -OCH3 is 1. The summed E-state index contributed by atoms with van der Waals surface area (Å²) in [6.07, 6.45) is 0.683. The molecule has 76 valence electrons. The van der Waals surface area contributed by atoms with Crippen molar-refractivity contribution < 1.29 is 14.3 Å². The van der Waals surface area contributed by atoms with Crippen LogP contribution in [0.1, 0.15) is 27.2 Å². The lowest BCUT2D eigenvalue weighted by Gasteiger charge is -2.24. The molecule has 3 heteroatoms. The molecule has 0 N–H and O–H groups in total. The van der Waals surface area contributed by atoms with Crippen molar-refractivity contribution >= 4 is 5.97 Å². The van der Waals surface area contributed by atoms with Crippen LogP contribution in [0.3, 0.4) is 0 Å². The third-order valence-electron chi connectivity index (χ3n) is 1.63. The summed E-state index contributed by atoms with van der Waals surface area (Å²) in [5, 5.41) is 0. The second-order valence-electron chi connectivity index (χ2n) is 3.67. The molecular weight excluding hydrogens is 168 g/mol. The number of ether oxygens (including phenoxy) is 2. The first kappa shape index (κ1) is 12.2. The van der Waals surface area contributed by atoms with Gasteiger partial charge in [-0.15, -0.1) is 0 Å². The van der Waals surface area contributed by atoms with Gasteiger partial charge in [0.05, 0.1) is 0 Å². The fraction of sp³-hybridized carbons (Fsp3) is 0.700. The monoisotopic (exact) mass is 186 g/mol. The fourth-order valence-corrected chi connectivity index (χ4v) is 0.737. The van der Waals surface area contributed by atoms with Crippen molar-refractivity contribution in [3.63, 3.8) is 0 Å². The molecule has 0 radical (unpaired) electrons. The zero-order valence-corrected chi connectivity index (χ0v) is 8.85. The first-order valence-corrected chi connectivity index (χ1v) is 4.27. The van der Waals surface area contributed by atoms with E-state index in [9.17, 15) is 4.79 Å². The molecule has 0 heterocycles. The topological polar surface area (TPSA) is 35.5 Å². The Bertz CT molecular complexity index is 194. The van der Waals surface area contributed by atoms with Crippen LogP contribution in [0.4, 0.5) is 0 Å². The van der Waals surface area contributed by atoms with Crippen LogP contribution in [0.2, 0.25) is 0 Å². The van der Waals surface area contributed by atoms with E-state index in [-0.39, 0.29) is 5.97 Å². The zero-order valence-electron chi connectivity index (χ0n) is 8.85. The van der Waals surface area contributed by atoms with Crippen LogP contribution in [0, 0.1) is 0 Å². The van der Waals surface area contributed by atoms with Crippen molar-refractivity contribution in [1.29, 1.82) is 0 Å². The third kappa shape index (κ3) is 5.42. The molecule has 13 heavy (non-hydrogen) atoms. The fourth-order valence-electron chi connectivity index (χ4n) is 0.737. The van der Waals surface area contributed by atoms with Gasteiger partial charge in [0.25, 0.3) is 0 Å². The van der Waals surface area contributed by atoms with E-state index in [1.807, 2.05) is 13.8 Å². The maximum Gasteiger partial charge on any atom is 0.333 e. The highest BCUT2D eigenvalue weighted by molar-refractivity contribution is 5.87. The minimum absolute atomic E-state index is 0.346. The van der Waals surface area contributed by atoms with Crippen molar-refractivity contribution in [1.82, 2.24) is 0 Å². The molecule has 0 aliphatic heterocycles. The summed E-state index contributed by atoms with van der Waals surface area (Å²) in [4.78, 5) is 11.2. The van der Waals surface area contributed by atoms with Crippen molar-refractivity contribution in [2.45, 2.75) is 32.8 Å². The van der Waals surface area contributed by atoms with E-state index in [0.29, 0.717) is 18.6 Å². The van der Waals surface area contributed by atoms with Crippen LogP contribution in [-0.2, 0) is 14.3 Å². The van der Waals surface area contributed by atoms with Crippen LogP contribution in [-0.4, -0.2) is 25.3 Å². The van der Waals surface area contributed by atoms with Gasteiger partial charge in [0.2, 0.25) is 0 Å². The van der Waals surface area contributed by atoms with Gasteiger partial charge in [-0.1, -0.05) is 6.58 Å². The Morgan fingerprint density at radius 2 is 2.00 bits per heavy atom. The molecule has 0 aliphatic rings. The van der Waals surface area contributed by atoms with E-state index in [0.717, 1.165) is 0 Å². The molecule has 0 aromatic heterocycles. The highest BCUT2D eigenvalue weighted by Gasteiger charge is 2.22. The molecular formula is C10H18O3. The maximum absolute atomic E-state index is 11.2. The Hall–Kier alpha value is -0.830. The molecule has 0 unspecified atom stereocenters. The standard InChI is InChI=1S/C10H18O3/c1-8(2)9(11)13-10(3,4)6-7-12-5/h1,6-7H2,2-5H3. The molecule has 0 rings (SSSR count). The number of hydrogen-bond acceptors (Lipinski definition) is 3. The number of carbonyl (C=O) groups is 1. The predicted molar refractivity (Wildman–Crippen MR) is 51.5 cm³/mol. The van der Waals surface area contributed by atoms with Crippen LogP contribution < -0.4 is 0 Å².